The molecule has 0 saturated heterocycles. The van der Waals surface area contributed by atoms with E-state index in [1.807, 2.05) is 6.07 Å². The monoisotopic (exact) mass is 365 g/mol. The van der Waals surface area contributed by atoms with Crippen LogP contribution in [0.5, 0.6) is 0 Å². The van der Waals surface area contributed by atoms with Crippen LogP contribution in [-0.2, 0) is 0 Å². The van der Waals surface area contributed by atoms with Gasteiger partial charge in [-0.3, -0.25) is 4.79 Å². The van der Waals surface area contributed by atoms with Crippen molar-refractivity contribution in [3.05, 3.63) is 25.4 Å². The van der Waals surface area contributed by atoms with Crippen molar-refractivity contribution < 1.29 is 4.79 Å². The summed E-state index contributed by atoms with van der Waals surface area (Å²) in [6.07, 6.45) is 1.63. The van der Waals surface area contributed by atoms with E-state index in [-0.39, 0.29) is 5.78 Å². The zero-order valence-electron chi connectivity index (χ0n) is 7.58. The molecule has 15 heavy (non-hydrogen) atoms. The summed E-state index contributed by atoms with van der Waals surface area (Å²) in [5, 5.41) is 0.886. The van der Waals surface area contributed by atoms with Gasteiger partial charge in [0, 0.05) is 17.6 Å². The number of carbonyl (C=O) groups excluding carboxylic acids is 1. The Labute approximate surface area is 112 Å². The third-order valence-electron chi connectivity index (χ3n) is 1.71. The van der Waals surface area contributed by atoms with Gasteiger partial charge in [-0.05, 0) is 37.9 Å². The van der Waals surface area contributed by atoms with E-state index in [2.05, 4.69) is 36.8 Å². The van der Waals surface area contributed by atoms with Gasteiger partial charge < -0.3 is 0 Å². The van der Waals surface area contributed by atoms with E-state index in [1.54, 1.807) is 24.5 Å². The van der Waals surface area contributed by atoms with Crippen molar-refractivity contribution >= 4 is 60.3 Å². The summed E-state index contributed by atoms with van der Waals surface area (Å²) in [4.78, 5) is 17.1. The number of Topliss-reactive ketones (excluding diaryl/α,β-unsaturated/α-hetero) is 1. The Balaban J connectivity index is 2.41. The van der Waals surface area contributed by atoms with Gasteiger partial charge >= 0.3 is 0 Å². The molecular formula is C9H5Br2NOS2. The Kier molecular flexibility index (Phi) is 3.39. The molecule has 0 aliphatic carbocycles. The molecule has 0 saturated carbocycles. The van der Waals surface area contributed by atoms with Crippen LogP contribution in [0.15, 0.2) is 20.5 Å². The molecule has 0 unspecified atom stereocenters. The largest absolute Gasteiger partial charge is 0.294 e. The zero-order chi connectivity index (χ0) is 11.0. The molecule has 0 aliphatic heterocycles. The summed E-state index contributed by atoms with van der Waals surface area (Å²) in [7, 11) is 0. The van der Waals surface area contributed by atoms with E-state index in [1.165, 1.54) is 11.3 Å². The first-order valence-electron chi connectivity index (χ1n) is 4.00. The number of aromatic nitrogens is 1. The van der Waals surface area contributed by atoms with E-state index >= 15 is 0 Å². The molecule has 0 aromatic carbocycles. The molecule has 0 N–H and O–H groups in total. The van der Waals surface area contributed by atoms with E-state index in [0.717, 1.165) is 18.1 Å². The lowest BCUT2D eigenvalue weighted by Crippen LogP contribution is -1.83. The summed E-state index contributed by atoms with van der Waals surface area (Å²) in [6, 6.07) is 2.00. The van der Waals surface area contributed by atoms with Crippen LogP contribution >= 0.6 is 54.5 Å². The Bertz CT molecular complexity index is 498. The molecule has 2 aromatic heterocycles. The maximum absolute atomic E-state index is 11.1. The van der Waals surface area contributed by atoms with Crippen LogP contribution in [0, 0.1) is 0 Å². The average Bonchev–Trinajstić information content (AvgIpc) is 2.74. The summed E-state index contributed by atoms with van der Waals surface area (Å²) in [6.45, 7) is 1.55. The summed E-state index contributed by atoms with van der Waals surface area (Å²) >= 11 is 9.88. The topological polar surface area (TPSA) is 30.0 Å². The molecule has 0 atom stereocenters. The van der Waals surface area contributed by atoms with Gasteiger partial charge in [0.25, 0.3) is 0 Å². The predicted molar refractivity (Wildman–Crippen MR) is 70.8 cm³/mol. The highest BCUT2D eigenvalue weighted by molar-refractivity contribution is 9.13. The standard InChI is InChI=1S/C9H5Br2NOS2/c1-4(13)7-3-12-9(15-7)6-2-5(10)8(11)14-6/h2-3H,1H3. The normalized spacial score (nSPS) is 10.6. The minimum Gasteiger partial charge on any atom is -0.294 e. The number of halogens is 2. The zero-order valence-corrected chi connectivity index (χ0v) is 12.4. The molecule has 0 aliphatic rings. The highest BCUT2D eigenvalue weighted by atomic mass is 79.9. The Hall–Kier alpha value is -0.0400. The quantitative estimate of drug-likeness (QED) is 0.727. The van der Waals surface area contributed by atoms with Crippen LogP contribution < -0.4 is 0 Å². The number of ketones is 1. The molecular weight excluding hydrogens is 362 g/mol. The van der Waals surface area contributed by atoms with Crippen LogP contribution in [0.2, 0.25) is 0 Å². The number of hydrogen-bond acceptors (Lipinski definition) is 4. The van der Waals surface area contributed by atoms with Crippen molar-refractivity contribution in [2.45, 2.75) is 6.92 Å². The second kappa shape index (κ2) is 4.45. The Morgan fingerprint density at radius 2 is 2.13 bits per heavy atom. The maximum Gasteiger partial charge on any atom is 0.171 e. The van der Waals surface area contributed by atoms with E-state index in [9.17, 15) is 4.79 Å². The smallest absolute Gasteiger partial charge is 0.171 e. The van der Waals surface area contributed by atoms with Crippen LogP contribution in [0.25, 0.3) is 9.88 Å². The maximum atomic E-state index is 11.1. The molecule has 2 rings (SSSR count). The van der Waals surface area contributed by atoms with Crippen molar-refractivity contribution in [2.24, 2.45) is 0 Å². The summed E-state index contributed by atoms with van der Waals surface area (Å²) < 4.78 is 2.05. The van der Waals surface area contributed by atoms with Gasteiger partial charge in [-0.2, -0.15) is 0 Å². The van der Waals surface area contributed by atoms with Crippen LogP contribution in [0.4, 0.5) is 0 Å². The second-order valence-electron chi connectivity index (χ2n) is 2.82. The minimum atomic E-state index is 0.0634. The van der Waals surface area contributed by atoms with Crippen LogP contribution in [-0.4, -0.2) is 10.8 Å². The number of carbonyl (C=O) groups is 1. The predicted octanol–water partition coefficient (Wildman–Crippen LogP) is 4.60. The van der Waals surface area contributed by atoms with Gasteiger partial charge in [0.05, 0.1) is 13.5 Å². The molecule has 0 fully saturated rings. The summed E-state index contributed by atoms with van der Waals surface area (Å²) in [5.41, 5.74) is 0. The van der Waals surface area contributed by atoms with Crippen molar-refractivity contribution in [3.63, 3.8) is 0 Å². The minimum absolute atomic E-state index is 0.0634. The van der Waals surface area contributed by atoms with Crippen LogP contribution in [0.3, 0.4) is 0 Å². The van der Waals surface area contributed by atoms with Gasteiger partial charge in [-0.25, -0.2) is 4.98 Å². The first-order valence-corrected chi connectivity index (χ1v) is 7.22. The molecule has 0 radical (unpaired) electrons. The lowest BCUT2D eigenvalue weighted by atomic mass is 10.4. The third kappa shape index (κ3) is 2.38. The van der Waals surface area contributed by atoms with E-state index in [0.29, 0.717) is 4.88 Å². The Morgan fingerprint density at radius 1 is 1.40 bits per heavy atom. The van der Waals surface area contributed by atoms with Gasteiger partial charge in [0.15, 0.2) is 5.78 Å². The number of rotatable bonds is 2. The fourth-order valence-corrected chi connectivity index (χ4v) is 3.90. The summed E-state index contributed by atoms with van der Waals surface area (Å²) in [5.74, 6) is 0.0634. The highest BCUT2D eigenvalue weighted by Crippen LogP contribution is 2.39. The molecule has 78 valence electrons. The number of thiazole rings is 1. The molecule has 0 bridgehead atoms. The molecule has 6 heteroatoms. The van der Waals surface area contributed by atoms with Gasteiger partial charge in [0.2, 0.25) is 0 Å². The molecule has 2 nitrogen and oxygen atoms in total. The van der Waals surface area contributed by atoms with Gasteiger partial charge in [-0.1, -0.05) is 0 Å². The molecule has 0 spiro atoms. The van der Waals surface area contributed by atoms with E-state index < -0.39 is 0 Å². The number of hydrogen-bond donors (Lipinski definition) is 0. The molecule has 2 aromatic rings. The first-order chi connectivity index (χ1) is 7.08. The number of thiophene rings is 1. The van der Waals surface area contributed by atoms with Gasteiger partial charge in [0.1, 0.15) is 5.01 Å². The van der Waals surface area contributed by atoms with E-state index in [4.69, 9.17) is 0 Å². The van der Waals surface area contributed by atoms with Crippen molar-refractivity contribution in [2.75, 3.05) is 0 Å². The van der Waals surface area contributed by atoms with Crippen molar-refractivity contribution in [3.8, 4) is 9.88 Å². The Morgan fingerprint density at radius 3 is 2.60 bits per heavy atom. The van der Waals surface area contributed by atoms with Crippen molar-refractivity contribution in [1.82, 2.24) is 4.98 Å². The lowest BCUT2D eigenvalue weighted by Gasteiger charge is -1.85. The van der Waals surface area contributed by atoms with Crippen LogP contribution in [0.1, 0.15) is 16.6 Å². The first kappa shape index (κ1) is 11.4. The second-order valence-corrected chi connectivity index (χ2v) is 7.07. The average molecular weight is 367 g/mol. The SMILES string of the molecule is CC(=O)c1cnc(-c2cc(Br)c(Br)s2)s1. The third-order valence-corrected chi connectivity index (χ3v) is 6.23. The van der Waals surface area contributed by atoms with Gasteiger partial charge in [-0.15, -0.1) is 22.7 Å². The fraction of sp³-hybridized carbons (Fsp3) is 0.111. The lowest BCUT2D eigenvalue weighted by molar-refractivity contribution is 0.102. The molecule has 0 amide bonds. The van der Waals surface area contributed by atoms with Crippen molar-refractivity contribution in [1.29, 1.82) is 0 Å². The fourth-order valence-electron chi connectivity index (χ4n) is 1.00. The molecule has 2 heterocycles. The highest BCUT2D eigenvalue weighted by Gasteiger charge is 2.11. The number of nitrogens with zero attached hydrogens (tertiary/aromatic N) is 1.